The number of hydrogen-bond acceptors (Lipinski definition) is 3. The van der Waals surface area contributed by atoms with Crippen LogP contribution in [0.15, 0.2) is 18.2 Å². The lowest BCUT2D eigenvalue weighted by molar-refractivity contribution is -0.117. The molecular weight excluding hydrogens is 268 g/mol. The second kappa shape index (κ2) is 6.54. The van der Waals surface area contributed by atoms with E-state index in [4.69, 9.17) is 22.4 Å². The fourth-order valence-electron chi connectivity index (χ4n) is 1.64. The zero-order valence-electron chi connectivity index (χ0n) is 10.8. The van der Waals surface area contributed by atoms with Crippen LogP contribution >= 0.6 is 11.6 Å². The first kappa shape index (κ1) is 15.5. The van der Waals surface area contributed by atoms with Crippen molar-refractivity contribution in [3.8, 4) is 0 Å². The fraction of sp³-hybridized carbons (Fsp3) is 0.385. The minimum Gasteiger partial charge on any atom is -0.478 e. The highest BCUT2D eigenvalue weighted by atomic mass is 35.5. The molecule has 0 aliphatic heterocycles. The van der Waals surface area contributed by atoms with Gasteiger partial charge in [-0.05, 0) is 30.5 Å². The number of nitrogens with one attached hydrogen (secondary N) is 1. The molecule has 0 unspecified atom stereocenters. The van der Waals surface area contributed by atoms with E-state index in [0.717, 1.165) is 0 Å². The lowest BCUT2D eigenvalue weighted by atomic mass is 10.0. The third kappa shape index (κ3) is 4.54. The van der Waals surface area contributed by atoms with E-state index < -0.39 is 17.9 Å². The first-order valence-corrected chi connectivity index (χ1v) is 6.28. The molecule has 1 rings (SSSR count). The smallest absolute Gasteiger partial charge is 0.337 e. The number of aromatic carboxylic acids is 1. The number of hydrogen-bond donors (Lipinski definition) is 3. The molecule has 0 radical (unpaired) electrons. The number of halogens is 1. The maximum Gasteiger partial charge on any atom is 0.337 e. The summed E-state index contributed by atoms with van der Waals surface area (Å²) in [5.74, 6) is -1.28. The number of nitrogens with two attached hydrogens (primary N) is 1. The van der Waals surface area contributed by atoms with E-state index in [2.05, 4.69) is 5.32 Å². The molecule has 6 heteroatoms. The average molecular weight is 285 g/mol. The molecule has 0 aromatic heterocycles. The summed E-state index contributed by atoms with van der Waals surface area (Å²) in [6.45, 7) is 3.91. The standard InChI is InChI=1S/C13H17ClN2O3/c1-7(2)5-10(15)12(17)16-11-4-3-8(14)6-9(11)13(18)19/h3-4,6-7,10H,5,15H2,1-2H3,(H,16,17)(H,18,19)/t10-/m1/s1. The molecule has 0 bridgehead atoms. The summed E-state index contributed by atoms with van der Waals surface area (Å²) in [5.41, 5.74) is 5.87. The molecule has 0 aliphatic carbocycles. The largest absolute Gasteiger partial charge is 0.478 e. The highest BCUT2D eigenvalue weighted by molar-refractivity contribution is 6.31. The van der Waals surface area contributed by atoms with E-state index in [-0.39, 0.29) is 17.2 Å². The molecule has 0 fully saturated rings. The van der Waals surface area contributed by atoms with Gasteiger partial charge in [0.1, 0.15) is 0 Å². The van der Waals surface area contributed by atoms with E-state index in [0.29, 0.717) is 11.4 Å². The lowest BCUT2D eigenvalue weighted by Gasteiger charge is -2.15. The van der Waals surface area contributed by atoms with Gasteiger partial charge >= 0.3 is 5.97 Å². The second-order valence-corrected chi connectivity index (χ2v) is 5.16. The van der Waals surface area contributed by atoms with Gasteiger partial charge in [0, 0.05) is 5.02 Å². The van der Waals surface area contributed by atoms with Crippen molar-refractivity contribution in [2.45, 2.75) is 26.3 Å². The van der Waals surface area contributed by atoms with Gasteiger partial charge in [-0.1, -0.05) is 25.4 Å². The Morgan fingerprint density at radius 3 is 2.58 bits per heavy atom. The Kier molecular flexibility index (Phi) is 5.32. The lowest BCUT2D eigenvalue weighted by Crippen LogP contribution is -2.37. The molecule has 104 valence electrons. The van der Waals surface area contributed by atoms with E-state index in [9.17, 15) is 9.59 Å². The molecule has 1 atom stereocenters. The summed E-state index contributed by atoms with van der Waals surface area (Å²) >= 11 is 5.73. The Bertz CT molecular complexity index is 489. The first-order valence-electron chi connectivity index (χ1n) is 5.90. The molecule has 0 aliphatic rings. The van der Waals surface area contributed by atoms with Gasteiger partial charge in [-0.3, -0.25) is 4.79 Å². The number of benzene rings is 1. The second-order valence-electron chi connectivity index (χ2n) is 4.72. The van der Waals surface area contributed by atoms with Crippen molar-refractivity contribution in [1.29, 1.82) is 0 Å². The normalized spacial score (nSPS) is 12.3. The highest BCUT2D eigenvalue weighted by Crippen LogP contribution is 2.21. The van der Waals surface area contributed by atoms with Crippen molar-refractivity contribution in [1.82, 2.24) is 0 Å². The number of carboxylic acids is 1. The van der Waals surface area contributed by atoms with Crippen LogP contribution in [0.25, 0.3) is 0 Å². The highest BCUT2D eigenvalue weighted by Gasteiger charge is 2.18. The summed E-state index contributed by atoms with van der Waals surface area (Å²) in [6.07, 6.45) is 0.530. The Morgan fingerprint density at radius 2 is 2.05 bits per heavy atom. The third-order valence-electron chi connectivity index (χ3n) is 2.53. The van der Waals surface area contributed by atoms with E-state index in [1.165, 1.54) is 18.2 Å². The topological polar surface area (TPSA) is 92.4 Å². The molecular formula is C13H17ClN2O3. The van der Waals surface area contributed by atoms with Crippen LogP contribution in [0.5, 0.6) is 0 Å². The molecule has 0 spiro atoms. The van der Waals surface area contributed by atoms with Gasteiger partial charge in [-0.2, -0.15) is 0 Å². The minimum atomic E-state index is -1.16. The number of anilines is 1. The maximum absolute atomic E-state index is 11.8. The SMILES string of the molecule is CC(C)C[C@@H](N)C(=O)Nc1ccc(Cl)cc1C(=O)O. The van der Waals surface area contributed by atoms with Crippen LogP contribution in [-0.2, 0) is 4.79 Å². The predicted molar refractivity (Wildman–Crippen MR) is 74.5 cm³/mol. The van der Waals surface area contributed by atoms with E-state index >= 15 is 0 Å². The van der Waals surface area contributed by atoms with Gasteiger partial charge in [0.05, 0.1) is 17.3 Å². The van der Waals surface area contributed by atoms with Gasteiger partial charge in [0.2, 0.25) is 5.91 Å². The number of carboxylic acid groups (broad SMARTS) is 1. The van der Waals surface area contributed by atoms with Gasteiger partial charge in [-0.15, -0.1) is 0 Å². The Balaban J connectivity index is 2.87. The molecule has 19 heavy (non-hydrogen) atoms. The van der Waals surface area contributed by atoms with E-state index in [1.54, 1.807) is 0 Å². The summed E-state index contributed by atoms with van der Waals surface area (Å²) in [7, 11) is 0. The van der Waals surface area contributed by atoms with Crippen molar-refractivity contribution in [2.75, 3.05) is 5.32 Å². The van der Waals surface area contributed by atoms with Crippen molar-refractivity contribution in [3.63, 3.8) is 0 Å². The van der Waals surface area contributed by atoms with Crippen LogP contribution in [0, 0.1) is 5.92 Å². The molecule has 1 amide bonds. The molecule has 0 saturated heterocycles. The zero-order chi connectivity index (χ0) is 14.6. The predicted octanol–water partition coefficient (Wildman–Crippen LogP) is 2.35. The van der Waals surface area contributed by atoms with E-state index in [1.807, 2.05) is 13.8 Å². The van der Waals surface area contributed by atoms with Crippen LogP contribution in [0.4, 0.5) is 5.69 Å². The Labute approximate surface area is 116 Å². The third-order valence-corrected chi connectivity index (χ3v) is 2.77. The van der Waals surface area contributed by atoms with Crippen LogP contribution in [0.2, 0.25) is 5.02 Å². The molecule has 5 nitrogen and oxygen atoms in total. The molecule has 0 saturated carbocycles. The summed E-state index contributed by atoms with van der Waals surface area (Å²) in [5, 5.41) is 11.9. The number of carbonyl (C=O) groups is 2. The van der Waals surface area contributed by atoms with Gasteiger partial charge in [0.25, 0.3) is 0 Å². The van der Waals surface area contributed by atoms with Crippen LogP contribution in [0.1, 0.15) is 30.6 Å². The van der Waals surface area contributed by atoms with Crippen molar-refractivity contribution < 1.29 is 14.7 Å². The monoisotopic (exact) mass is 284 g/mol. The summed E-state index contributed by atoms with van der Waals surface area (Å²) in [4.78, 5) is 22.9. The first-order chi connectivity index (χ1) is 8.81. The Hall–Kier alpha value is -1.59. The summed E-state index contributed by atoms with van der Waals surface area (Å²) < 4.78 is 0. The van der Waals surface area contributed by atoms with Gasteiger partial charge in [-0.25, -0.2) is 4.79 Å². The fourth-order valence-corrected chi connectivity index (χ4v) is 1.81. The molecule has 1 aromatic rings. The minimum absolute atomic E-state index is 0.0578. The van der Waals surface area contributed by atoms with Crippen molar-refractivity contribution >= 4 is 29.2 Å². The van der Waals surface area contributed by atoms with Crippen LogP contribution in [-0.4, -0.2) is 23.0 Å². The van der Waals surface area contributed by atoms with Crippen molar-refractivity contribution in [3.05, 3.63) is 28.8 Å². The maximum atomic E-state index is 11.8. The molecule has 1 aromatic carbocycles. The number of rotatable bonds is 5. The number of carbonyl (C=O) groups excluding carboxylic acids is 1. The number of amides is 1. The quantitative estimate of drug-likeness (QED) is 0.774. The van der Waals surface area contributed by atoms with Gasteiger partial charge < -0.3 is 16.2 Å². The van der Waals surface area contributed by atoms with Crippen molar-refractivity contribution in [2.24, 2.45) is 11.7 Å². The molecule has 4 N–H and O–H groups in total. The van der Waals surface area contributed by atoms with Gasteiger partial charge in [0.15, 0.2) is 0 Å². The zero-order valence-corrected chi connectivity index (χ0v) is 11.6. The van der Waals surface area contributed by atoms with Crippen LogP contribution in [0.3, 0.4) is 0 Å². The Morgan fingerprint density at radius 1 is 1.42 bits per heavy atom. The van der Waals surface area contributed by atoms with Crippen LogP contribution < -0.4 is 11.1 Å². The average Bonchev–Trinajstić information content (AvgIpc) is 2.30. The summed E-state index contributed by atoms with van der Waals surface area (Å²) in [6, 6.07) is 3.58. The molecule has 0 heterocycles.